The molecule has 0 aliphatic heterocycles. The van der Waals surface area contributed by atoms with Gasteiger partial charge in [0, 0.05) is 10.2 Å². The Hall–Kier alpha value is -1.53. The van der Waals surface area contributed by atoms with Gasteiger partial charge in [-0.05, 0) is 58.6 Å². The molecule has 0 unspecified atom stereocenters. The summed E-state index contributed by atoms with van der Waals surface area (Å²) in [4.78, 5) is 0.175. The Bertz CT molecular complexity index is 773. The second-order valence-corrected chi connectivity index (χ2v) is 7.29. The number of nitrogen functional groups attached to an aromatic ring is 1. The Morgan fingerprint density at radius 1 is 1.24 bits per heavy atom. The van der Waals surface area contributed by atoms with Crippen molar-refractivity contribution >= 4 is 37.3 Å². The number of nitrogens with one attached hydrogen (secondary N) is 1. The van der Waals surface area contributed by atoms with E-state index in [4.69, 9.17) is 5.73 Å². The maximum atomic E-state index is 12.5. The lowest BCUT2D eigenvalue weighted by molar-refractivity contribution is 0.601. The first-order valence-electron chi connectivity index (χ1n) is 6.51. The smallest absolute Gasteiger partial charge is 0.261 e. The van der Waals surface area contributed by atoms with E-state index in [0.29, 0.717) is 15.8 Å². The summed E-state index contributed by atoms with van der Waals surface area (Å²) in [5.41, 5.74) is 8.70. The summed E-state index contributed by atoms with van der Waals surface area (Å²) in [5.74, 6) is 0. The normalized spacial score (nSPS) is 11.4. The van der Waals surface area contributed by atoms with Gasteiger partial charge in [-0.3, -0.25) is 4.72 Å². The molecule has 21 heavy (non-hydrogen) atoms. The van der Waals surface area contributed by atoms with E-state index in [1.165, 1.54) is 12.1 Å². The lowest BCUT2D eigenvalue weighted by Crippen LogP contribution is -2.15. The van der Waals surface area contributed by atoms with Gasteiger partial charge in [0.05, 0.1) is 10.6 Å². The van der Waals surface area contributed by atoms with Gasteiger partial charge >= 0.3 is 0 Å². The predicted molar refractivity (Wildman–Crippen MR) is 89.9 cm³/mol. The lowest BCUT2D eigenvalue weighted by atomic mass is 10.1. The first-order valence-corrected chi connectivity index (χ1v) is 8.79. The molecule has 2 aromatic rings. The van der Waals surface area contributed by atoms with Crippen LogP contribution in [0.15, 0.2) is 45.8 Å². The van der Waals surface area contributed by atoms with Gasteiger partial charge in [0.15, 0.2) is 0 Å². The minimum absolute atomic E-state index is 0.175. The van der Waals surface area contributed by atoms with Crippen LogP contribution in [0.25, 0.3) is 0 Å². The summed E-state index contributed by atoms with van der Waals surface area (Å²) < 4.78 is 28.3. The molecule has 112 valence electrons. The fourth-order valence-corrected chi connectivity index (χ4v) is 3.77. The van der Waals surface area contributed by atoms with E-state index >= 15 is 0 Å². The Labute approximate surface area is 133 Å². The number of anilines is 2. The van der Waals surface area contributed by atoms with E-state index in [2.05, 4.69) is 20.7 Å². The van der Waals surface area contributed by atoms with Crippen molar-refractivity contribution in [2.45, 2.75) is 25.2 Å². The van der Waals surface area contributed by atoms with Crippen LogP contribution >= 0.6 is 15.9 Å². The Kier molecular flexibility index (Phi) is 4.58. The highest BCUT2D eigenvalue weighted by atomic mass is 79.9. The Morgan fingerprint density at radius 2 is 1.95 bits per heavy atom. The molecule has 0 spiro atoms. The molecule has 4 nitrogen and oxygen atoms in total. The molecule has 0 atom stereocenters. The molecule has 0 bridgehead atoms. The number of sulfonamides is 1. The number of benzene rings is 2. The molecule has 0 aromatic heterocycles. The van der Waals surface area contributed by atoms with Crippen LogP contribution in [0.2, 0.25) is 0 Å². The van der Waals surface area contributed by atoms with Crippen molar-refractivity contribution in [3.05, 3.63) is 52.0 Å². The van der Waals surface area contributed by atoms with Crippen LogP contribution in [0.4, 0.5) is 11.4 Å². The maximum absolute atomic E-state index is 12.5. The van der Waals surface area contributed by atoms with E-state index in [1.54, 1.807) is 6.07 Å². The number of para-hydroxylation sites is 1. The van der Waals surface area contributed by atoms with Gasteiger partial charge in [0.25, 0.3) is 10.0 Å². The van der Waals surface area contributed by atoms with Crippen LogP contribution < -0.4 is 10.5 Å². The monoisotopic (exact) mass is 368 g/mol. The summed E-state index contributed by atoms with van der Waals surface area (Å²) in [6.07, 6.45) is 0.755. The van der Waals surface area contributed by atoms with Crippen molar-refractivity contribution in [1.29, 1.82) is 0 Å². The third-order valence-corrected chi connectivity index (χ3v) is 5.29. The molecule has 6 heteroatoms. The van der Waals surface area contributed by atoms with Gasteiger partial charge in [0.2, 0.25) is 0 Å². The van der Waals surface area contributed by atoms with Crippen molar-refractivity contribution in [2.75, 3.05) is 10.5 Å². The number of hydrogen-bond acceptors (Lipinski definition) is 3. The number of halogens is 1. The summed E-state index contributed by atoms with van der Waals surface area (Å²) >= 11 is 3.25. The van der Waals surface area contributed by atoms with Crippen LogP contribution in [0.3, 0.4) is 0 Å². The number of hydrogen-bond donors (Lipinski definition) is 2. The molecule has 0 fully saturated rings. The summed E-state index contributed by atoms with van der Waals surface area (Å²) in [6, 6.07) is 10.3. The summed E-state index contributed by atoms with van der Waals surface area (Å²) in [7, 11) is -3.64. The van der Waals surface area contributed by atoms with Gasteiger partial charge in [-0.2, -0.15) is 0 Å². The fraction of sp³-hybridized carbons (Fsp3) is 0.200. The zero-order chi connectivity index (χ0) is 15.6. The quantitative estimate of drug-likeness (QED) is 0.808. The Morgan fingerprint density at radius 3 is 2.57 bits per heavy atom. The van der Waals surface area contributed by atoms with Crippen molar-refractivity contribution in [2.24, 2.45) is 0 Å². The van der Waals surface area contributed by atoms with Crippen molar-refractivity contribution in [1.82, 2.24) is 0 Å². The molecule has 0 radical (unpaired) electrons. The summed E-state index contributed by atoms with van der Waals surface area (Å²) in [6.45, 7) is 3.88. The van der Waals surface area contributed by atoms with E-state index in [9.17, 15) is 8.42 Å². The van der Waals surface area contributed by atoms with Gasteiger partial charge in [-0.25, -0.2) is 8.42 Å². The fourth-order valence-electron chi connectivity index (χ4n) is 2.04. The molecule has 0 saturated carbocycles. The first-order chi connectivity index (χ1) is 9.85. The first kappa shape index (κ1) is 15.9. The van der Waals surface area contributed by atoms with Crippen molar-refractivity contribution < 1.29 is 8.42 Å². The van der Waals surface area contributed by atoms with E-state index < -0.39 is 10.0 Å². The largest absolute Gasteiger partial charge is 0.398 e. The van der Waals surface area contributed by atoms with Crippen LogP contribution in [0.1, 0.15) is 18.1 Å². The molecular formula is C15H17BrN2O2S. The second-order valence-electron chi connectivity index (χ2n) is 4.75. The van der Waals surface area contributed by atoms with Crippen LogP contribution in [0.5, 0.6) is 0 Å². The zero-order valence-corrected chi connectivity index (χ0v) is 14.3. The molecule has 0 aliphatic carbocycles. The van der Waals surface area contributed by atoms with Gasteiger partial charge in [0.1, 0.15) is 0 Å². The minimum Gasteiger partial charge on any atom is -0.398 e. The zero-order valence-electron chi connectivity index (χ0n) is 11.9. The summed E-state index contributed by atoms with van der Waals surface area (Å²) in [5, 5.41) is 0. The third kappa shape index (κ3) is 3.39. The topological polar surface area (TPSA) is 72.2 Å². The average Bonchev–Trinajstić information content (AvgIpc) is 2.43. The van der Waals surface area contributed by atoms with Crippen LogP contribution in [-0.4, -0.2) is 8.42 Å². The van der Waals surface area contributed by atoms with E-state index in [0.717, 1.165) is 17.5 Å². The number of rotatable bonds is 4. The second kappa shape index (κ2) is 6.07. The number of nitrogens with two attached hydrogens (primary N) is 1. The van der Waals surface area contributed by atoms with Crippen LogP contribution in [0, 0.1) is 6.92 Å². The van der Waals surface area contributed by atoms with Crippen molar-refractivity contribution in [3.8, 4) is 0 Å². The van der Waals surface area contributed by atoms with E-state index in [-0.39, 0.29) is 4.90 Å². The third-order valence-electron chi connectivity index (χ3n) is 3.26. The van der Waals surface area contributed by atoms with Crippen LogP contribution in [-0.2, 0) is 16.4 Å². The molecule has 0 saturated heterocycles. The molecule has 2 aromatic carbocycles. The molecule has 0 aliphatic rings. The maximum Gasteiger partial charge on any atom is 0.261 e. The van der Waals surface area contributed by atoms with Gasteiger partial charge in [-0.15, -0.1) is 0 Å². The highest BCUT2D eigenvalue weighted by Crippen LogP contribution is 2.27. The minimum atomic E-state index is -3.64. The standard InChI is InChI=1S/C15H17BrN2O2S/c1-3-11-6-4-5-10(2)15(11)18-21(19,20)12-7-8-14(17)13(16)9-12/h4-9,18H,3,17H2,1-2H3. The van der Waals surface area contributed by atoms with E-state index in [1.807, 2.05) is 32.0 Å². The lowest BCUT2D eigenvalue weighted by Gasteiger charge is -2.14. The molecule has 0 heterocycles. The highest BCUT2D eigenvalue weighted by Gasteiger charge is 2.17. The molecule has 3 N–H and O–H groups in total. The predicted octanol–water partition coefficient (Wildman–Crippen LogP) is 3.70. The highest BCUT2D eigenvalue weighted by molar-refractivity contribution is 9.10. The molecule has 2 rings (SSSR count). The Balaban J connectivity index is 2.44. The molecular weight excluding hydrogens is 352 g/mol. The average molecular weight is 369 g/mol. The molecule has 0 amide bonds. The van der Waals surface area contributed by atoms with Gasteiger partial charge < -0.3 is 5.73 Å². The van der Waals surface area contributed by atoms with Crippen molar-refractivity contribution in [3.63, 3.8) is 0 Å². The SMILES string of the molecule is CCc1cccc(C)c1NS(=O)(=O)c1ccc(N)c(Br)c1. The van der Waals surface area contributed by atoms with Gasteiger partial charge in [-0.1, -0.05) is 25.1 Å². The number of aryl methyl sites for hydroxylation is 2.